The predicted molar refractivity (Wildman–Crippen MR) is 65.1 cm³/mol. The van der Waals surface area contributed by atoms with E-state index in [2.05, 4.69) is 8.62 Å². The molecule has 16 heteroatoms. The van der Waals surface area contributed by atoms with E-state index in [1.807, 2.05) is 0 Å². The van der Waals surface area contributed by atoms with Crippen LogP contribution in [0.2, 0.25) is 0 Å². The Morgan fingerprint density at radius 3 is 1.31 bits per heavy atom. The van der Waals surface area contributed by atoms with Crippen LogP contribution < -0.4 is 0 Å². The quantitative estimate of drug-likeness (QED) is 0.186. The van der Waals surface area contributed by atoms with Crippen molar-refractivity contribution in [2.75, 3.05) is 0 Å². The molecular weight excluding hydrogens is 445 g/mol. The zero-order valence-corrected chi connectivity index (χ0v) is 14.8. The number of rotatable bonds is 4. The van der Waals surface area contributed by atoms with Gasteiger partial charge in [0.15, 0.2) is 0 Å². The van der Waals surface area contributed by atoms with Crippen LogP contribution in [-0.2, 0) is 34.3 Å². The van der Waals surface area contributed by atoms with Crippen LogP contribution in [0, 0.1) is 0 Å². The molecule has 2 saturated heterocycles. The summed E-state index contributed by atoms with van der Waals surface area (Å²) in [4.78, 5) is 46.1. The van der Waals surface area contributed by atoms with Gasteiger partial charge in [0.25, 0.3) is 0 Å². The summed E-state index contributed by atoms with van der Waals surface area (Å²) in [7, 11) is -2.88. The Labute approximate surface area is 119 Å². The minimum Gasteiger partial charge on any atom is 0 e. The molecule has 0 unspecified atom stereocenters. The zero-order valence-electron chi connectivity index (χ0n) is 6.84. The average Bonchev–Trinajstić information content (AvgIpc) is 2.72. The first-order valence-electron chi connectivity index (χ1n) is 2.98. The molecule has 0 atom stereocenters. The maximum Gasteiger partial charge on any atom is 0 e. The van der Waals surface area contributed by atoms with Gasteiger partial charge in [-0.2, -0.15) is 0 Å². The number of hydrogen-bond donors (Lipinski definition) is 5. The van der Waals surface area contributed by atoms with Crippen LogP contribution in [0.25, 0.3) is 0 Å². The molecule has 0 aromatic heterocycles. The van der Waals surface area contributed by atoms with E-state index in [0.29, 0.717) is 41.7 Å². The molecule has 0 saturated carbocycles. The fourth-order valence-electron chi connectivity index (χ4n) is 0.509. The van der Waals surface area contributed by atoms with Gasteiger partial charge in [-0.1, -0.05) is 0 Å². The molecule has 0 aromatic rings. The Morgan fingerprint density at radius 2 is 1.12 bits per heavy atom. The van der Waals surface area contributed by atoms with E-state index in [9.17, 15) is 24.1 Å². The normalized spacial score (nSPS) is 39.6. The molecule has 2 aliphatic heterocycles. The molecule has 0 aromatic carbocycles. The van der Waals surface area contributed by atoms with E-state index in [1.54, 1.807) is 0 Å². The first-order valence-corrected chi connectivity index (χ1v) is 15.3. The summed E-state index contributed by atoms with van der Waals surface area (Å²) in [6.45, 7) is 0. The topological polar surface area (TPSA) is 137 Å². The van der Waals surface area contributed by atoms with Crippen molar-refractivity contribution < 1.29 is 58.7 Å². The van der Waals surface area contributed by atoms with Crippen molar-refractivity contribution in [1.82, 2.24) is 0 Å². The third kappa shape index (κ3) is 4.47. The van der Waals surface area contributed by atoms with E-state index < -0.39 is 19.2 Å². The summed E-state index contributed by atoms with van der Waals surface area (Å²) in [5.74, 6) is 0. The Hall–Kier alpha value is 2.90. The van der Waals surface area contributed by atoms with E-state index in [-0.39, 0.29) is 21.1 Å². The van der Waals surface area contributed by atoms with Crippen LogP contribution in [0.1, 0.15) is 0 Å². The first-order chi connectivity index (χ1) is 6.39. The monoisotopic (exact) mass is 452 g/mol. The van der Waals surface area contributed by atoms with Crippen LogP contribution >= 0.6 is 60.9 Å². The van der Waals surface area contributed by atoms with Crippen LogP contribution in [0.15, 0.2) is 0 Å². The van der Waals surface area contributed by atoms with Gasteiger partial charge in [0.05, 0.1) is 0 Å². The molecule has 0 amide bonds. The Bertz CT molecular complexity index is 333. The van der Waals surface area contributed by atoms with Gasteiger partial charge in [-0.25, -0.2) is 0 Å². The van der Waals surface area contributed by atoms with Gasteiger partial charge >= 0.3 is 98.5 Å². The summed E-state index contributed by atoms with van der Waals surface area (Å²) in [5.41, 5.74) is -9.27. The minimum absolute atomic E-state index is 0. The molecule has 0 radical (unpaired) electrons. The van der Waals surface area contributed by atoms with E-state index >= 15 is 0 Å². The van der Waals surface area contributed by atoms with Crippen LogP contribution in [0.5, 0.6) is 0 Å². The van der Waals surface area contributed by atoms with Crippen molar-refractivity contribution in [3.05, 3.63) is 0 Å². The van der Waals surface area contributed by atoms with Crippen LogP contribution in [0.3, 0.4) is 0 Å². The van der Waals surface area contributed by atoms with Crippen LogP contribution in [-0.4, -0.2) is 24.5 Å². The van der Waals surface area contributed by atoms with Gasteiger partial charge in [-0.3, -0.25) is 0 Å². The standard InChI is InChI=1S/Mo.H5O8P3S4/c;1-9(2,7-10(3,4)12-13-10)8-11(5,6)14-15-11/h;3-6H,(H,1,2). The second kappa shape index (κ2) is 4.20. The fourth-order valence-corrected chi connectivity index (χ4v) is 18.1. The number of phosphoric acid groups is 1. The van der Waals surface area contributed by atoms with Crippen LogP contribution in [0.4, 0.5) is 0 Å². The molecule has 5 N–H and O–H groups in total. The molecule has 2 rings (SSSR count). The second-order valence-electron chi connectivity index (χ2n) is 2.54. The molecule has 0 bridgehead atoms. The summed E-state index contributed by atoms with van der Waals surface area (Å²) in [6, 6.07) is 0. The third-order valence-corrected chi connectivity index (χ3v) is 21.3. The number of hydrogen-bond acceptors (Lipinski definition) is 11. The third-order valence-electron chi connectivity index (χ3n) is 1.02. The van der Waals surface area contributed by atoms with Crippen molar-refractivity contribution in [3.63, 3.8) is 0 Å². The van der Waals surface area contributed by atoms with Gasteiger partial charge in [0, 0.05) is 21.1 Å². The molecule has 8 nitrogen and oxygen atoms in total. The van der Waals surface area contributed by atoms with E-state index in [0.717, 1.165) is 0 Å². The largest absolute Gasteiger partial charge is 0 e. The zero-order chi connectivity index (χ0) is 11.6. The fraction of sp³-hybridized carbons (Fsp3) is 0. The Balaban J connectivity index is 0.00000128. The van der Waals surface area contributed by atoms with Crippen molar-refractivity contribution in [2.45, 2.75) is 0 Å². The molecule has 0 aliphatic carbocycles. The molecule has 0 spiro atoms. The molecule has 2 aliphatic rings. The Morgan fingerprint density at radius 1 is 0.875 bits per heavy atom. The SMILES string of the molecule is O=P(O)(OP1(O)(O)SS1)OP1(O)(O)SS1.[Mo]. The van der Waals surface area contributed by atoms with Crippen molar-refractivity contribution in [1.29, 1.82) is 0 Å². The van der Waals surface area contributed by atoms with Gasteiger partial charge in [0.1, 0.15) is 0 Å². The van der Waals surface area contributed by atoms with Gasteiger partial charge in [-0.05, 0) is 0 Å². The molecule has 16 heavy (non-hydrogen) atoms. The predicted octanol–water partition coefficient (Wildman–Crippen LogP) is 2.13. The average molecular weight is 450 g/mol. The summed E-state index contributed by atoms with van der Waals surface area (Å²) in [5, 5.41) is 0. The smallest absolute Gasteiger partial charge is 0 e. The van der Waals surface area contributed by atoms with Crippen molar-refractivity contribution >= 4 is 60.9 Å². The first kappa shape index (κ1) is 17.0. The minimum atomic E-state index is -4.91. The summed E-state index contributed by atoms with van der Waals surface area (Å²) < 4.78 is 19.5. The van der Waals surface area contributed by atoms with Gasteiger partial charge in [-0.15, -0.1) is 0 Å². The maximum atomic E-state index is 11.2. The van der Waals surface area contributed by atoms with Gasteiger partial charge < -0.3 is 0 Å². The molecule has 2 fully saturated rings. The Kier molecular flexibility index (Phi) is 4.45. The molecule has 98 valence electrons. The summed E-state index contributed by atoms with van der Waals surface area (Å²) >= 11 is 0. The van der Waals surface area contributed by atoms with Crippen molar-refractivity contribution in [3.8, 4) is 0 Å². The van der Waals surface area contributed by atoms with E-state index in [4.69, 9.17) is 4.89 Å². The van der Waals surface area contributed by atoms with E-state index in [1.165, 1.54) is 0 Å². The maximum absolute atomic E-state index is 11.2. The van der Waals surface area contributed by atoms with Crippen molar-refractivity contribution in [2.24, 2.45) is 0 Å². The summed E-state index contributed by atoms with van der Waals surface area (Å²) in [6.07, 6.45) is 0. The van der Waals surface area contributed by atoms with Gasteiger partial charge in [0.2, 0.25) is 0 Å². The molecular formula is H5MoO8P3S4. The molecule has 2 heterocycles. The second-order valence-corrected chi connectivity index (χ2v) is 25.0.